The van der Waals surface area contributed by atoms with Crippen molar-refractivity contribution in [2.24, 2.45) is 0 Å². The van der Waals surface area contributed by atoms with E-state index in [1.807, 2.05) is 12.3 Å². The quantitative estimate of drug-likeness (QED) is 0.783. The van der Waals surface area contributed by atoms with Crippen LogP contribution in [-0.4, -0.2) is 29.6 Å². The highest BCUT2D eigenvalue weighted by Gasteiger charge is 2.30. The summed E-state index contributed by atoms with van der Waals surface area (Å²) in [6, 6.07) is 6.57. The first-order chi connectivity index (χ1) is 11.1. The Morgan fingerprint density at radius 1 is 1.39 bits per heavy atom. The van der Waals surface area contributed by atoms with Crippen LogP contribution in [0.5, 0.6) is 5.75 Å². The lowest BCUT2D eigenvalue weighted by Crippen LogP contribution is -2.22. The van der Waals surface area contributed by atoms with E-state index >= 15 is 0 Å². The summed E-state index contributed by atoms with van der Waals surface area (Å²) in [5.41, 5.74) is 1.23. The largest absolute Gasteiger partial charge is 0.487 e. The molecule has 0 radical (unpaired) electrons. The molecule has 0 amide bonds. The van der Waals surface area contributed by atoms with Gasteiger partial charge in [-0.25, -0.2) is 14.6 Å². The van der Waals surface area contributed by atoms with Gasteiger partial charge in [-0.1, -0.05) is 0 Å². The first-order valence-electron chi connectivity index (χ1n) is 7.13. The number of hydrogen-bond donors (Lipinski definition) is 0. The SMILES string of the molecule is Cc1nc(COc2ccc(C(=O)O[C@H]3CCOC3=O)cc2)cs1. The fourth-order valence-electron chi connectivity index (χ4n) is 2.10. The third-order valence-corrected chi connectivity index (χ3v) is 4.10. The van der Waals surface area contributed by atoms with Crippen LogP contribution in [0.15, 0.2) is 29.6 Å². The number of esters is 2. The van der Waals surface area contributed by atoms with Crippen molar-refractivity contribution in [3.63, 3.8) is 0 Å². The van der Waals surface area contributed by atoms with E-state index in [4.69, 9.17) is 14.2 Å². The van der Waals surface area contributed by atoms with Gasteiger partial charge in [0.05, 0.1) is 22.9 Å². The lowest BCUT2D eigenvalue weighted by Gasteiger charge is -2.09. The molecule has 0 N–H and O–H groups in total. The monoisotopic (exact) mass is 333 g/mol. The maximum Gasteiger partial charge on any atom is 0.347 e. The predicted octanol–water partition coefficient (Wildman–Crippen LogP) is 2.50. The summed E-state index contributed by atoms with van der Waals surface area (Å²) in [7, 11) is 0. The van der Waals surface area contributed by atoms with E-state index in [0.717, 1.165) is 10.7 Å². The summed E-state index contributed by atoms with van der Waals surface area (Å²) in [5, 5.41) is 2.94. The summed E-state index contributed by atoms with van der Waals surface area (Å²) in [5.74, 6) is -0.403. The van der Waals surface area contributed by atoms with Gasteiger partial charge in [0.2, 0.25) is 6.10 Å². The molecule has 0 unspecified atom stereocenters. The Morgan fingerprint density at radius 2 is 2.17 bits per heavy atom. The number of ether oxygens (including phenoxy) is 3. The van der Waals surface area contributed by atoms with Crippen LogP contribution < -0.4 is 4.74 Å². The number of nitrogens with zero attached hydrogens (tertiary/aromatic N) is 1. The molecular weight excluding hydrogens is 318 g/mol. The third kappa shape index (κ3) is 3.87. The van der Waals surface area contributed by atoms with Crippen molar-refractivity contribution in [2.75, 3.05) is 6.61 Å². The van der Waals surface area contributed by atoms with Gasteiger partial charge in [-0.05, 0) is 31.2 Å². The van der Waals surface area contributed by atoms with Crippen LogP contribution in [0.3, 0.4) is 0 Å². The van der Waals surface area contributed by atoms with Gasteiger partial charge >= 0.3 is 11.9 Å². The lowest BCUT2D eigenvalue weighted by atomic mass is 10.2. The normalized spacial score (nSPS) is 16.9. The van der Waals surface area contributed by atoms with Gasteiger partial charge in [0.25, 0.3) is 0 Å². The summed E-state index contributed by atoms with van der Waals surface area (Å²) >= 11 is 1.57. The zero-order valence-electron chi connectivity index (χ0n) is 12.5. The molecular formula is C16H15NO5S. The topological polar surface area (TPSA) is 74.7 Å². The van der Waals surface area contributed by atoms with Crippen LogP contribution in [-0.2, 0) is 20.9 Å². The number of carbonyl (C=O) groups excluding carboxylic acids is 2. The summed E-state index contributed by atoms with van der Waals surface area (Å²) in [6.07, 6.45) is -0.398. The second-order valence-electron chi connectivity index (χ2n) is 5.02. The lowest BCUT2D eigenvalue weighted by molar-refractivity contribution is -0.145. The number of rotatable bonds is 5. The molecule has 0 bridgehead atoms. The summed E-state index contributed by atoms with van der Waals surface area (Å²) < 4.78 is 15.5. The zero-order valence-corrected chi connectivity index (χ0v) is 13.3. The van der Waals surface area contributed by atoms with Gasteiger partial charge in [-0.2, -0.15) is 0 Å². The van der Waals surface area contributed by atoms with E-state index in [1.54, 1.807) is 35.6 Å². The van der Waals surface area contributed by atoms with Crippen LogP contribution >= 0.6 is 11.3 Å². The zero-order chi connectivity index (χ0) is 16.2. The molecule has 1 atom stereocenters. The molecule has 6 nitrogen and oxygen atoms in total. The molecule has 1 aliphatic rings. The van der Waals surface area contributed by atoms with Gasteiger partial charge in [0.1, 0.15) is 12.4 Å². The molecule has 7 heteroatoms. The molecule has 3 rings (SSSR count). The van der Waals surface area contributed by atoms with Crippen molar-refractivity contribution in [3.8, 4) is 5.75 Å². The van der Waals surface area contributed by atoms with E-state index in [1.165, 1.54) is 0 Å². The number of benzene rings is 1. The summed E-state index contributed by atoms with van der Waals surface area (Å²) in [6.45, 7) is 2.61. The van der Waals surface area contributed by atoms with Gasteiger partial charge in [0.15, 0.2) is 0 Å². The smallest absolute Gasteiger partial charge is 0.347 e. The third-order valence-electron chi connectivity index (χ3n) is 3.28. The van der Waals surface area contributed by atoms with Gasteiger partial charge in [-0.15, -0.1) is 11.3 Å². The molecule has 2 aromatic rings. The Morgan fingerprint density at radius 3 is 2.78 bits per heavy atom. The maximum absolute atomic E-state index is 12.0. The Hall–Kier alpha value is -2.41. The standard InChI is InChI=1S/C16H15NO5S/c1-10-17-12(9-23-10)8-21-13-4-2-11(3-5-13)15(18)22-14-6-7-20-16(14)19/h2-5,9,14H,6-8H2,1H3/t14-/m0/s1. The van der Waals surface area contributed by atoms with Crippen molar-refractivity contribution >= 4 is 23.3 Å². The van der Waals surface area contributed by atoms with Crippen LogP contribution in [0.25, 0.3) is 0 Å². The Bertz CT molecular complexity index is 710. The minimum absolute atomic E-state index is 0.291. The second kappa shape index (κ2) is 6.78. The summed E-state index contributed by atoms with van der Waals surface area (Å²) in [4.78, 5) is 27.6. The highest BCUT2D eigenvalue weighted by atomic mass is 32.1. The van der Waals surface area contributed by atoms with Crippen molar-refractivity contribution in [1.29, 1.82) is 0 Å². The Labute approximate surface area is 137 Å². The first kappa shape index (κ1) is 15.5. The highest BCUT2D eigenvalue weighted by Crippen LogP contribution is 2.18. The number of thiazole rings is 1. The van der Waals surface area contributed by atoms with Gasteiger partial charge in [0, 0.05) is 11.8 Å². The number of aryl methyl sites for hydroxylation is 1. The number of hydrogen-bond acceptors (Lipinski definition) is 7. The second-order valence-corrected chi connectivity index (χ2v) is 6.08. The van der Waals surface area contributed by atoms with Crippen molar-refractivity contribution < 1.29 is 23.8 Å². The Balaban J connectivity index is 1.55. The van der Waals surface area contributed by atoms with Crippen LogP contribution in [0.1, 0.15) is 27.5 Å². The number of carbonyl (C=O) groups is 2. The van der Waals surface area contributed by atoms with Crippen LogP contribution in [0.2, 0.25) is 0 Å². The Kier molecular flexibility index (Phi) is 4.57. The average molecular weight is 333 g/mol. The fourth-order valence-corrected chi connectivity index (χ4v) is 2.70. The molecule has 2 heterocycles. The van der Waals surface area contributed by atoms with E-state index < -0.39 is 18.0 Å². The number of cyclic esters (lactones) is 1. The molecule has 23 heavy (non-hydrogen) atoms. The minimum atomic E-state index is -0.800. The van der Waals surface area contributed by atoms with E-state index in [9.17, 15) is 9.59 Å². The van der Waals surface area contributed by atoms with E-state index in [-0.39, 0.29) is 0 Å². The van der Waals surface area contributed by atoms with Crippen LogP contribution in [0, 0.1) is 6.92 Å². The van der Waals surface area contributed by atoms with E-state index in [0.29, 0.717) is 30.9 Å². The van der Waals surface area contributed by atoms with Crippen molar-refractivity contribution in [3.05, 3.63) is 45.9 Å². The predicted molar refractivity (Wildman–Crippen MR) is 82.4 cm³/mol. The molecule has 1 aromatic carbocycles. The maximum atomic E-state index is 12.0. The molecule has 1 aliphatic heterocycles. The first-order valence-corrected chi connectivity index (χ1v) is 8.01. The van der Waals surface area contributed by atoms with Crippen molar-refractivity contribution in [2.45, 2.75) is 26.1 Å². The van der Waals surface area contributed by atoms with Crippen molar-refractivity contribution in [1.82, 2.24) is 4.98 Å². The molecule has 0 saturated carbocycles. The van der Waals surface area contributed by atoms with Gasteiger partial charge in [-0.3, -0.25) is 0 Å². The molecule has 0 spiro atoms. The molecule has 1 aromatic heterocycles. The average Bonchev–Trinajstić information content (AvgIpc) is 3.14. The molecule has 0 aliphatic carbocycles. The highest BCUT2D eigenvalue weighted by molar-refractivity contribution is 7.09. The fraction of sp³-hybridized carbons (Fsp3) is 0.312. The number of aromatic nitrogens is 1. The van der Waals surface area contributed by atoms with Crippen LogP contribution in [0.4, 0.5) is 0 Å². The molecule has 120 valence electrons. The molecule has 1 saturated heterocycles. The molecule has 1 fully saturated rings. The van der Waals surface area contributed by atoms with Gasteiger partial charge < -0.3 is 14.2 Å². The minimum Gasteiger partial charge on any atom is -0.487 e. The van der Waals surface area contributed by atoms with E-state index in [2.05, 4.69) is 4.98 Å².